The molecule has 0 aliphatic rings. The normalized spacial score (nSPS) is 12.5. The molecule has 0 aliphatic heterocycles. The fraction of sp³-hybridized carbons (Fsp3) is 0.167. The number of thiophene rings is 1. The van der Waals surface area contributed by atoms with E-state index in [9.17, 15) is 0 Å². The topological polar surface area (TPSA) is 35.2 Å². The second-order valence-electron chi connectivity index (χ2n) is 3.51. The first kappa shape index (κ1) is 12.7. The molecule has 0 spiro atoms. The molecule has 1 unspecified atom stereocenters. The fourth-order valence-corrected chi connectivity index (χ4v) is 2.86. The van der Waals surface area contributed by atoms with Gasteiger partial charge in [-0.05, 0) is 30.3 Å². The maximum absolute atomic E-state index is 6.19. The molecular weight excluding hydrogens is 277 g/mol. The van der Waals surface area contributed by atoms with Crippen molar-refractivity contribution in [1.82, 2.24) is 0 Å². The number of methoxy groups -OCH3 is 1. The molecule has 90 valence electrons. The average Bonchev–Trinajstić information content (AvgIpc) is 2.75. The van der Waals surface area contributed by atoms with Crippen LogP contribution in [0.15, 0.2) is 30.3 Å². The first-order valence-electron chi connectivity index (χ1n) is 4.96. The molecule has 0 amide bonds. The van der Waals surface area contributed by atoms with Gasteiger partial charge in [0, 0.05) is 15.5 Å². The van der Waals surface area contributed by atoms with Crippen molar-refractivity contribution in [2.45, 2.75) is 6.04 Å². The van der Waals surface area contributed by atoms with E-state index >= 15 is 0 Å². The van der Waals surface area contributed by atoms with Gasteiger partial charge >= 0.3 is 0 Å². The summed E-state index contributed by atoms with van der Waals surface area (Å²) in [6, 6.07) is 8.88. The van der Waals surface area contributed by atoms with Crippen molar-refractivity contribution >= 4 is 34.5 Å². The molecule has 2 nitrogen and oxygen atoms in total. The Kier molecular flexibility index (Phi) is 3.94. The van der Waals surface area contributed by atoms with Gasteiger partial charge in [0.1, 0.15) is 5.75 Å². The van der Waals surface area contributed by atoms with E-state index in [0.29, 0.717) is 5.02 Å². The first-order chi connectivity index (χ1) is 8.11. The van der Waals surface area contributed by atoms with Crippen molar-refractivity contribution in [3.8, 4) is 5.75 Å². The van der Waals surface area contributed by atoms with Crippen LogP contribution < -0.4 is 10.5 Å². The lowest BCUT2D eigenvalue weighted by Gasteiger charge is -2.14. The summed E-state index contributed by atoms with van der Waals surface area (Å²) in [4.78, 5) is 0.982. The fourth-order valence-electron chi connectivity index (χ4n) is 1.60. The van der Waals surface area contributed by atoms with Gasteiger partial charge in [0.05, 0.1) is 17.5 Å². The highest BCUT2D eigenvalue weighted by Gasteiger charge is 2.16. The Hall–Kier alpha value is -0.740. The van der Waals surface area contributed by atoms with Crippen LogP contribution in [0.3, 0.4) is 0 Å². The van der Waals surface area contributed by atoms with E-state index in [4.69, 9.17) is 33.7 Å². The van der Waals surface area contributed by atoms with Gasteiger partial charge < -0.3 is 10.5 Å². The molecule has 1 heterocycles. The Balaban J connectivity index is 2.42. The molecular formula is C12H11Cl2NOS. The summed E-state index contributed by atoms with van der Waals surface area (Å²) in [7, 11) is 1.61. The van der Waals surface area contributed by atoms with E-state index in [1.165, 1.54) is 11.3 Å². The molecule has 0 saturated carbocycles. The first-order valence-corrected chi connectivity index (χ1v) is 6.53. The molecule has 0 fully saturated rings. The molecule has 1 atom stereocenters. The summed E-state index contributed by atoms with van der Waals surface area (Å²) in [5.41, 5.74) is 7.05. The monoisotopic (exact) mass is 287 g/mol. The summed E-state index contributed by atoms with van der Waals surface area (Å²) >= 11 is 13.3. The lowest BCUT2D eigenvalue weighted by molar-refractivity contribution is 0.408. The lowest BCUT2D eigenvalue weighted by atomic mass is 10.1. The SMILES string of the molecule is COc1ccc(Cl)cc1C(N)c1ccc(Cl)s1. The van der Waals surface area contributed by atoms with E-state index in [2.05, 4.69) is 0 Å². The number of rotatable bonds is 3. The Bertz CT molecular complexity index is 527. The summed E-state index contributed by atoms with van der Waals surface area (Å²) < 4.78 is 6.00. The zero-order valence-electron chi connectivity index (χ0n) is 9.11. The van der Waals surface area contributed by atoms with E-state index in [1.807, 2.05) is 24.3 Å². The van der Waals surface area contributed by atoms with Gasteiger partial charge in [-0.3, -0.25) is 0 Å². The van der Waals surface area contributed by atoms with E-state index in [1.54, 1.807) is 13.2 Å². The molecule has 1 aromatic carbocycles. The molecule has 1 aromatic heterocycles. The molecule has 0 aliphatic carbocycles. The second kappa shape index (κ2) is 5.27. The van der Waals surface area contributed by atoms with Crippen molar-refractivity contribution in [3.05, 3.63) is 50.1 Å². The summed E-state index contributed by atoms with van der Waals surface area (Å²) in [6.07, 6.45) is 0. The average molecular weight is 288 g/mol. The maximum Gasteiger partial charge on any atom is 0.124 e. The molecule has 5 heteroatoms. The highest BCUT2D eigenvalue weighted by Crippen LogP contribution is 2.34. The molecule has 0 bridgehead atoms. The number of halogens is 2. The van der Waals surface area contributed by atoms with Gasteiger partial charge in [0.2, 0.25) is 0 Å². The molecule has 0 saturated heterocycles. The minimum Gasteiger partial charge on any atom is -0.496 e. The highest BCUT2D eigenvalue weighted by molar-refractivity contribution is 7.16. The summed E-state index contributed by atoms with van der Waals surface area (Å²) in [5.74, 6) is 0.728. The minimum absolute atomic E-state index is 0.277. The number of hydrogen-bond acceptors (Lipinski definition) is 3. The van der Waals surface area contributed by atoms with Crippen LogP contribution >= 0.6 is 34.5 Å². The quantitative estimate of drug-likeness (QED) is 0.922. The molecule has 2 aromatic rings. The summed E-state index contributed by atoms with van der Waals surface area (Å²) in [5, 5.41) is 0.638. The molecule has 2 rings (SSSR count). The Labute approximate surface area is 114 Å². The van der Waals surface area contributed by atoms with Crippen LogP contribution in [-0.4, -0.2) is 7.11 Å². The van der Waals surface area contributed by atoms with Crippen LogP contribution in [0.4, 0.5) is 0 Å². The van der Waals surface area contributed by atoms with Gasteiger partial charge in [0.25, 0.3) is 0 Å². The predicted octanol–water partition coefficient (Wildman–Crippen LogP) is 4.11. The predicted molar refractivity (Wildman–Crippen MR) is 73.4 cm³/mol. The highest BCUT2D eigenvalue weighted by atomic mass is 35.5. The molecule has 2 N–H and O–H groups in total. The molecule has 0 radical (unpaired) electrons. The largest absolute Gasteiger partial charge is 0.496 e. The van der Waals surface area contributed by atoms with Crippen LogP contribution in [-0.2, 0) is 0 Å². The van der Waals surface area contributed by atoms with Gasteiger partial charge in [0.15, 0.2) is 0 Å². The van der Waals surface area contributed by atoms with Crippen molar-refractivity contribution in [3.63, 3.8) is 0 Å². The van der Waals surface area contributed by atoms with Gasteiger partial charge in [-0.2, -0.15) is 0 Å². The Morgan fingerprint density at radius 3 is 2.59 bits per heavy atom. The third kappa shape index (κ3) is 2.75. The van der Waals surface area contributed by atoms with Crippen LogP contribution in [0.2, 0.25) is 9.36 Å². The van der Waals surface area contributed by atoms with Crippen LogP contribution in [0.1, 0.15) is 16.5 Å². The Morgan fingerprint density at radius 1 is 1.24 bits per heavy atom. The lowest BCUT2D eigenvalue weighted by Crippen LogP contribution is -2.11. The van der Waals surface area contributed by atoms with E-state index in [-0.39, 0.29) is 6.04 Å². The maximum atomic E-state index is 6.19. The van der Waals surface area contributed by atoms with Crippen molar-refractivity contribution in [2.24, 2.45) is 5.73 Å². The Morgan fingerprint density at radius 2 is 2.00 bits per heavy atom. The van der Waals surface area contributed by atoms with Crippen molar-refractivity contribution in [2.75, 3.05) is 7.11 Å². The van der Waals surface area contributed by atoms with E-state index in [0.717, 1.165) is 20.5 Å². The van der Waals surface area contributed by atoms with Gasteiger partial charge in [-0.25, -0.2) is 0 Å². The number of hydrogen-bond donors (Lipinski definition) is 1. The number of ether oxygens (including phenoxy) is 1. The number of benzene rings is 1. The standard InChI is InChI=1S/C12H11Cl2NOS/c1-16-9-3-2-7(13)6-8(9)12(15)10-4-5-11(14)17-10/h2-6,12H,15H2,1H3. The van der Waals surface area contributed by atoms with E-state index < -0.39 is 0 Å². The second-order valence-corrected chi connectivity index (χ2v) is 5.69. The van der Waals surface area contributed by atoms with Crippen molar-refractivity contribution in [1.29, 1.82) is 0 Å². The van der Waals surface area contributed by atoms with Gasteiger partial charge in [-0.1, -0.05) is 23.2 Å². The molecule has 17 heavy (non-hydrogen) atoms. The third-order valence-corrected chi connectivity index (χ3v) is 3.98. The number of nitrogens with two attached hydrogens (primary N) is 1. The van der Waals surface area contributed by atoms with Crippen LogP contribution in [0.5, 0.6) is 5.75 Å². The van der Waals surface area contributed by atoms with Crippen LogP contribution in [0.25, 0.3) is 0 Å². The smallest absolute Gasteiger partial charge is 0.124 e. The minimum atomic E-state index is -0.277. The third-order valence-electron chi connectivity index (χ3n) is 2.43. The van der Waals surface area contributed by atoms with Crippen LogP contribution in [0, 0.1) is 0 Å². The van der Waals surface area contributed by atoms with Crippen molar-refractivity contribution < 1.29 is 4.74 Å². The summed E-state index contributed by atoms with van der Waals surface area (Å²) in [6.45, 7) is 0. The zero-order valence-corrected chi connectivity index (χ0v) is 11.4. The van der Waals surface area contributed by atoms with Gasteiger partial charge in [-0.15, -0.1) is 11.3 Å². The zero-order chi connectivity index (χ0) is 12.4.